The van der Waals surface area contributed by atoms with Crippen molar-refractivity contribution in [3.8, 4) is 5.69 Å². The molecule has 1 aliphatic heterocycles. The summed E-state index contributed by atoms with van der Waals surface area (Å²) in [5, 5.41) is 4.68. The SMILES string of the molecule is Cc1nn(-c2ccc(Br)cc2)cc1CN1CCC(N)C(C)(C)C1.Cl. The van der Waals surface area contributed by atoms with Crippen molar-refractivity contribution < 1.29 is 0 Å². The van der Waals surface area contributed by atoms with Gasteiger partial charge in [-0.1, -0.05) is 29.8 Å². The molecule has 0 aliphatic carbocycles. The Morgan fingerprint density at radius 2 is 1.96 bits per heavy atom. The summed E-state index contributed by atoms with van der Waals surface area (Å²) in [6.07, 6.45) is 3.22. The second kappa shape index (κ2) is 7.56. The molecule has 1 fully saturated rings. The van der Waals surface area contributed by atoms with Crippen molar-refractivity contribution in [1.29, 1.82) is 0 Å². The summed E-state index contributed by atoms with van der Waals surface area (Å²) in [6.45, 7) is 9.67. The van der Waals surface area contributed by atoms with Gasteiger partial charge >= 0.3 is 0 Å². The summed E-state index contributed by atoms with van der Waals surface area (Å²) in [5.41, 5.74) is 9.89. The minimum absolute atomic E-state index is 0. The average Bonchev–Trinajstić information content (AvgIpc) is 2.84. The van der Waals surface area contributed by atoms with E-state index in [0.29, 0.717) is 6.04 Å². The van der Waals surface area contributed by atoms with Crippen molar-refractivity contribution in [2.75, 3.05) is 13.1 Å². The lowest BCUT2D eigenvalue weighted by atomic mass is 9.79. The highest BCUT2D eigenvalue weighted by atomic mass is 79.9. The lowest BCUT2D eigenvalue weighted by Gasteiger charge is -2.42. The number of benzene rings is 1. The molecule has 0 bridgehead atoms. The number of hydrogen-bond acceptors (Lipinski definition) is 3. The molecule has 24 heavy (non-hydrogen) atoms. The van der Waals surface area contributed by atoms with E-state index in [1.807, 2.05) is 16.8 Å². The lowest BCUT2D eigenvalue weighted by Crippen LogP contribution is -2.52. The molecular weight excluding hydrogens is 388 g/mol. The van der Waals surface area contributed by atoms with Crippen molar-refractivity contribution in [3.63, 3.8) is 0 Å². The van der Waals surface area contributed by atoms with E-state index in [1.54, 1.807) is 0 Å². The van der Waals surface area contributed by atoms with E-state index in [1.165, 1.54) is 5.56 Å². The molecule has 2 N–H and O–H groups in total. The van der Waals surface area contributed by atoms with Crippen LogP contribution in [0.2, 0.25) is 0 Å². The first-order valence-corrected chi connectivity index (χ1v) is 8.93. The highest BCUT2D eigenvalue weighted by molar-refractivity contribution is 9.10. The number of hydrogen-bond donors (Lipinski definition) is 1. The molecule has 1 unspecified atom stereocenters. The maximum Gasteiger partial charge on any atom is 0.0646 e. The van der Waals surface area contributed by atoms with Gasteiger partial charge in [-0.15, -0.1) is 12.4 Å². The Balaban J connectivity index is 0.00000208. The first-order chi connectivity index (χ1) is 10.8. The predicted octanol–water partition coefficient (Wildman–Crippen LogP) is 3.92. The van der Waals surface area contributed by atoms with Crippen LogP contribution in [0.1, 0.15) is 31.5 Å². The number of nitrogens with zero attached hydrogens (tertiary/aromatic N) is 3. The van der Waals surface area contributed by atoms with Crippen LogP contribution in [0, 0.1) is 12.3 Å². The van der Waals surface area contributed by atoms with Gasteiger partial charge in [0.15, 0.2) is 0 Å². The van der Waals surface area contributed by atoms with Crippen LogP contribution in [-0.2, 0) is 6.54 Å². The van der Waals surface area contributed by atoms with Gasteiger partial charge in [-0.25, -0.2) is 4.68 Å². The Morgan fingerprint density at radius 1 is 1.29 bits per heavy atom. The van der Waals surface area contributed by atoms with Gasteiger partial charge in [0.1, 0.15) is 0 Å². The third-order valence-electron chi connectivity index (χ3n) is 4.88. The maximum absolute atomic E-state index is 6.24. The van der Waals surface area contributed by atoms with Crippen molar-refractivity contribution in [1.82, 2.24) is 14.7 Å². The molecule has 2 aromatic rings. The van der Waals surface area contributed by atoms with Crippen molar-refractivity contribution >= 4 is 28.3 Å². The van der Waals surface area contributed by atoms with E-state index in [-0.39, 0.29) is 17.8 Å². The van der Waals surface area contributed by atoms with Crippen LogP contribution in [-0.4, -0.2) is 33.8 Å². The number of aromatic nitrogens is 2. The van der Waals surface area contributed by atoms with Gasteiger partial charge in [-0.2, -0.15) is 5.10 Å². The zero-order valence-electron chi connectivity index (χ0n) is 14.5. The zero-order chi connectivity index (χ0) is 16.6. The number of likely N-dealkylation sites (tertiary alicyclic amines) is 1. The number of rotatable bonds is 3. The Bertz CT molecular complexity index is 681. The van der Waals surface area contributed by atoms with Crippen LogP contribution in [0.5, 0.6) is 0 Å². The van der Waals surface area contributed by atoms with Gasteiger partial charge in [-0.05, 0) is 43.0 Å². The van der Waals surface area contributed by atoms with Gasteiger partial charge in [-0.3, -0.25) is 4.90 Å². The van der Waals surface area contributed by atoms with Gasteiger partial charge < -0.3 is 5.73 Å². The van der Waals surface area contributed by atoms with Crippen LogP contribution in [0.3, 0.4) is 0 Å². The molecule has 6 heteroatoms. The molecule has 4 nitrogen and oxygen atoms in total. The van der Waals surface area contributed by atoms with E-state index in [4.69, 9.17) is 5.73 Å². The summed E-state index contributed by atoms with van der Waals surface area (Å²) < 4.78 is 3.05. The molecular formula is C18H26BrClN4. The smallest absolute Gasteiger partial charge is 0.0646 e. The Kier molecular flexibility index (Phi) is 6.13. The van der Waals surface area contributed by atoms with Crippen molar-refractivity contribution in [2.45, 2.75) is 39.8 Å². The van der Waals surface area contributed by atoms with Crippen LogP contribution in [0.4, 0.5) is 0 Å². The van der Waals surface area contributed by atoms with Crippen LogP contribution >= 0.6 is 28.3 Å². The lowest BCUT2D eigenvalue weighted by molar-refractivity contribution is 0.0897. The molecule has 2 heterocycles. The fourth-order valence-corrected chi connectivity index (χ4v) is 3.50. The molecule has 1 aliphatic rings. The normalized spacial score (nSPS) is 20.6. The summed E-state index contributed by atoms with van der Waals surface area (Å²) >= 11 is 3.47. The van der Waals surface area contributed by atoms with Crippen molar-refractivity contribution in [3.05, 3.63) is 46.2 Å². The quantitative estimate of drug-likeness (QED) is 0.829. The molecule has 0 saturated carbocycles. The second-order valence-corrected chi connectivity index (χ2v) is 8.17. The summed E-state index contributed by atoms with van der Waals surface area (Å²) in [4.78, 5) is 2.50. The molecule has 0 radical (unpaired) electrons. The summed E-state index contributed by atoms with van der Waals surface area (Å²) in [7, 11) is 0. The largest absolute Gasteiger partial charge is 0.327 e. The maximum atomic E-state index is 6.24. The number of aryl methyl sites for hydroxylation is 1. The number of halogens is 2. The van der Waals surface area contributed by atoms with Crippen LogP contribution in [0.15, 0.2) is 34.9 Å². The Hall–Kier alpha value is -0.880. The predicted molar refractivity (Wildman–Crippen MR) is 105 cm³/mol. The van der Waals surface area contributed by atoms with Crippen LogP contribution < -0.4 is 5.73 Å². The van der Waals surface area contributed by atoms with E-state index in [0.717, 1.165) is 41.9 Å². The van der Waals surface area contributed by atoms with Gasteiger partial charge in [0.05, 0.1) is 11.4 Å². The average molecular weight is 414 g/mol. The van der Waals surface area contributed by atoms with Crippen LogP contribution in [0.25, 0.3) is 5.69 Å². The highest BCUT2D eigenvalue weighted by Crippen LogP contribution is 2.29. The molecule has 1 aromatic heterocycles. The standard InChI is InChI=1S/C18H25BrN4.ClH/c1-13-14(10-22-9-8-17(20)18(2,3)12-22)11-23(21-13)16-6-4-15(19)5-7-16;/h4-7,11,17H,8-10,12,20H2,1-3H3;1H. The first kappa shape index (κ1) is 19.4. The monoisotopic (exact) mass is 412 g/mol. The first-order valence-electron chi connectivity index (χ1n) is 8.14. The second-order valence-electron chi connectivity index (χ2n) is 7.26. The number of piperidine rings is 1. The van der Waals surface area contributed by atoms with E-state index < -0.39 is 0 Å². The van der Waals surface area contributed by atoms with Gasteiger partial charge in [0.2, 0.25) is 0 Å². The molecule has 1 atom stereocenters. The van der Waals surface area contributed by atoms with E-state index >= 15 is 0 Å². The summed E-state index contributed by atoms with van der Waals surface area (Å²) in [5.74, 6) is 0. The minimum atomic E-state index is 0. The van der Waals surface area contributed by atoms with E-state index in [2.05, 4.69) is 65.0 Å². The molecule has 0 amide bonds. The minimum Gasteiger partial charge on any atom is -0.327 e. The number of nitrogens with two attached hydrogens (primary N) is 1. The molecule has 0 spiro atoms. The third kappa shape index (κ3) is 4.20. The molecule has 132 valence electrons. The molecule has 1 saturated heterocycles. The zero-order valence-corrected chi connectivity index (χ0v) is 16.9. The summed E-state index contributed by atoms with van der Waals surface area (Å²) in [6, 6.07) is 8.53. The highest BCUT2D eigenvalue weighted by Gasteiger charge is 2.33. The molecule has 3 rings (SSSR count). The fraction of sp³-hybridized carbons (Fsp3) is 0.500. The fourth-order valence-electron chi connectivity index (χ4n) is 3.24. The topological polar surface area (TPSA) is 47.1 Å². The third-order valence-corrected chi connectivity index (χ3v) is 5.41. The Labute approximate surface area is 158 Å². The van der Waals surface area contributed by atoms with Gasteiger partial charge in [0, 0.05) is 41.9 Å². The Morgan fingerprint density at radius 3 is 2.58 bits per heavy atom. The van der Waals surface area contributed by atoms with E-state index in [9.17, 15) is 0 Å². The van der Waals surface area contributed by atoms with Crippen molar-refractivity contribution in [2.24, 2.45) is 11.1 Å². The molecule has 1 aromatic carbocycles. The van der Waals surface area contributed by atoms with Gasteiger partial charge in [0.25, 0.3) is 0 Å².